The minimum absolute atomic E-state index is 0.0502. The molecule has 144 valence electrons. The van der Waals surface area contributed by atoms with Crippen molar-refractivity contribution >= 4 is 34.9 Å². The van der Waals surface area contributed by atoms with Gasteiger partial charge in [0.2, 0.25) is 11.8 Å². The molecule has 1 aliphatic heterocycles. The van der Waals surface area contributed by atoms with E-state index in [2.05, 4.69) is 10.1 Å². The first-order valence-electron chi connectivity index (χ1n) is 8.79. The summed E-state index contributed by atoms with van der Waals surface area (Å²) in [6.07, 6.45) is 0.0942. The highest BCUT2D eigenvalue weighted by atomic mass is 16.5. The lowest BCUT2D eigenvalue weighted by Gasteiger charge is -2.17. The van der Waals surface area contributed by atoms with Gasteiger partial charge in [0.05, 0.1) is 18.6 Å². The Hall–Kier alpha value is -3.48. The first-order valence-corrected chi connectivity index (χ1v) is 8.79. The predicted molar refractivity (Wildman–Crippen MR) is 103 cm³/mol. The molecule has 1 saturated heterocycles. The van der Waals surface area contributed by atoms with Crippen LogP contribution in [-0.4, -0.2) is 37.2 Å². The Morgan fingerprint density at radius 3 is 2.43 bits per heavy atom. The van der Waals surface area contributed by atoms with Gasteiger partial charge in [0.25, 0.3) is 0 Å². The van der Waals surface area contributed by atoms with E-state index in [9.17, 15) is 19.2 Å². The normalized spacial score (nSPS) is 16.0. The molecule has 1 atom stereocenters. The lowest BCUT2D eigenvalue weighted by atomic mass is 10.1. The van der Waals surface area contributed by atoms with Crippen molar-refractivity contribution in [2.45, 2.75) is 13.3 Å². The first-order chi connectivity index (χ1) is 13.4. The molecule has 0 saturated carbocycles. The summed E-state index contributed by atoms with van der Waals surface area (Å²) in [5, 5.41) is 2.75. The van der Waals surface area contributed by atoms with Gasteiger partial charge in [-0.05, 0) is 49.4 Å². The second kappa shape index (κ2) is 8.04. The quantitative estimate of drug-likeness (QED) is 0.636. The molecule has 1 heterocycles. The highest BCUT2D eigenvalue weighted by Crippen LogP contribution is 2.26. The van der Waals surface area contributed by atoms with E-state index in [0.29, 0.717) is 22.5 Å². The van der Waals surface area contributed by atoms with Crippen LogP contribution in [-0.2, 0) is 14.3 Å². The van der Waals surface area contributed by atoms with E-state index in [1.54, 1.807) is 47.4 Å². The maximum Gasteiger partial charge on any atom is 0.337 e. The molecule has 28 heavy (non-hydrogen) atoms. The molecule has 7 nitrogen and oxygen atoms in total. The Labute approximate surface area is 162 Å². The van der Waals surface area contributed by atoms with Crippen molar-refractivity contribution in [1.29, 1.82) is 0 Å². The SMILES string of the molecule is COC(=O)c1cccc(NC(=O)C2CC(=O)N(c3ccc(C(C)=O)cc3)C2)c1. The van der Waals surface area contributed by atoms with Gasteiger partial charge in [-0.2, -0.15) is 0 Å². The largest absolute Gasteiger partial charge is 0.465 e. The smallest absolute Gasteiger partial charge is 0.337 e. The zero-order valence-corrected chi connectivity index (χ0v) is 15.6. The summed E-state index contributed by atoms with van der Waals surface area (Å²) in [6, 6.07) is 13.2. The number of hydrogen-bond donors (Lipinski definition) is 1. The number of methoxy groups -OCH3 is 1. The van der Waals surface area contributed by atoms with Crippen molar-refractivity contribution in [1.82, 2.24) is 0 Å². The zero-order chi connectivity index (χ0) is 20.3. The van der Waals surface area contributed by atoms with E-state index in [-0.39, 0.29) is 30.6 Å². The maximum atomic E-state index is 12.6. The fourth-order valence-corrected chi connectivity index (χ4v) is 3.09. The van der Waals surface area contributed by atoms with Gasteiger partial charge in [-0.1, -0.05) is 6.07 Å². The fourth-order valence-electron chi connectivity index (χ4n) is 3.09. The molecule has 2 aromatic carbocycles. The van der Waals surface area contributed by atoms with Gasteiger partial charge in [0, 0.05) is 29.9 Å². The lowest BCUT2D eigenvalue weighted by Crippen LogP contribution is -2.28. The van der Waals surface area contributed by atoms with Crippen molar-refractivity contribution in [3.8, 4) is 0 Å². The van der Waals surface area contributed by atoms with Crippen LogP contribution in [0.2, 0.25) is 0 Å². The molecule has 7 heteroatoms. The molecule has 2 amide bonds. The molecular weight excluding hydrogens is 360 g/mol. The van der Waals surface area contributed by atoms with Crippen LogP contribution in [0.4, 0.5) is 11.4 Å². The van der Waals surface area contributed by atoms with Crippen molar-refractivity contribution in [2.75, 3.05) is 23.9 Å². The second-order valence-corrected chi connectivity index (χ2v) is 6.57. The number of nitrogens with zero attached hydrogens (tertiary/aromatic N) is 1. The lowest BCUT2D eigenvalue weighted by molar-refractivity contribution is -0.122. The Bertz CT molecular complexity index is 936. The summed E-state index contributed by atoms with van der Waals surface area (Å²) in [5.74, 6) is -1.50. The fraction of sp³-hybridized carbons (Fsp3) is 0.238. The van der Waals surface area contributed by atoms with Crippen LogP contribution in [0.15, 0.2) is 48.5 Å². The molecular formula is C21H20N2O5. The van der Waals surface area contributed by atoms with Crippen LogP contribution in [0, 0.1) is 5.92 Å². The molecule has 0 bridgehead atoms. The van der Waals surface area contributed by atoms with E-state index < -0.39 is 11.9 Å². The van der Waals surface area contributed by atoms with Crippen molar-refractivity contribution in [2.24, 2.45) is 5.92 Å². The monoisotopic (exact) mass is 380 g/mol. The van der Waals surface area contributed by atoms with Gasteiger partial charge in [-0.25, -0.2) is 4.79 Å². The number of nitrogens with one attached hydrogen (secondary N) is 1. The Morgan fingerprint density at radius 1 is 1.07 bits per heavy atom. The van der Waals surface area contributed by atoms with Crippen molar-refractivity contribution < 1.29 is 23.9 Å². The van der Waals surface area contributed by atoms with Crippen LogP contribution in [0.1, 0.15) is 34.1 Å². The average molecular weight is 380 g/mol. The van der Waals surface area contributed by atoms with E-state index in [1.165, 1.54) is 20.1 Å². The number of carbonyl (C=O) groups excluding carboxylic acids is 4. The van der Waals surface area contributed by atoms with Gasteiger partial charge in [-0.15, -0.1) is 0 Å². The van der Waals surface area contributed by atoms with E-state index in [1.807, 2.05) is 0 Å². The average Bonchev–Trinajstić information content (AvgIpc) is 3.09. The van der Waals surface area contributed by atoms with Gasteiger partial charge in [-0.3, -0.25) is 14.4 Å². The topological polar surface area (TPSA) is 92.8 Å². The van der Waals surface area contributed by atoms with E-state index >= 15 is 0 Å². The van der Waals surface area contributed by atoms with Crippen LogP contribution < -0.4 is 10.2 Å². The van der Waals surface area contributed by atoms with Gasteiger partial charge in [0.1, 0.15) is 0 Å². The number of ketones is 1. The number of amides is 2. The summed E-state index contributed by atoms with van der Waals surface area (Å²) in [7, 11) is 1.29. The maximum absolute atomic E-state index is 12.6. The number of carbonyl (C=O) groups is 4. The van der Waals surface area contributed by atoms with Gasteiger partial charge >= 0.3 is 5.97 Å². The van der Waals surface area contributed by atoms with Crippen LogP contribution >= 0.6 is 0 Å². The predicted octanol–water partition coefficient (Wildman–Crippen LogP) is 2.67. The Balaban J connectivity index is 1.68. The number of Topliss-reactive ketones (excluding diaryl/α,β-unsaturated/α-hetero) is 1. The van der Waals surface area contributed by atoms with Crippen LogP contribution in [0.3, 0.4) is 0 Å². The summed E-state index contributed by atoms with van der Waals surface area (Å²) in [4.78, 5) is 49.5. The van der Waals surface area contributed by atoms with Crippen molar-refractivity contribution in [3.63, 3.8) is 0 Å². The highest BCUT2D eigenvalue weighted by molar-refractivity contribution is 6.04. The first kappa shape index (κ1) is 19.3. The third kappa shape index (κ3) is 4.09. The molecule has 0 aliphatic carbocycles. The molecule has 1 unspecified atom stereocenters. The van der Waals surface area contributed by atoms with Gasteiger partial charge < -0.3 is 15.0 Å². The molecule has 3 rings (SSSR count). The highest BCUT2D eigenvalue weighted by Gasteiger charge is 2.35. The molecule has 0 aromatic heterocycles. The summed E-state index contributed by atoms with van der Waals surface area (Å²) in [5.41, 5.74) is 2.01. The molecule has 1 fully saturated rings. The Kier molecular flexibility index (Phi) is 5.54. The second-order valence-electron chi connectivity index (χ2n) is 6.57. The number of anilines is 2. The third-order valence-electron chi connectivity index (χ3n) is 4.63. The molecule has 1 N–H and O–H groups in total. The summed E-state index contributed by atoms with van der Waals surface area (Å²) >= 11 is 0. The minimum Gasteiger partial charge on any atom is -0.465 e. The molecule has 2 aromatic rings. The van der Waals surface area contributed by atoms with Crippen molar-refractivity contribution in [3.05, 3.63) is 59.7 Å². The molecule has 0 radical (unpaired) electrons. The number of ether oxygens (including phenoxy) is 1. The van der Waals surface area contributed by atoms with Crippen LogP contribution in [0.5, 0.6) is 0 Å². The summed E-state index contributed by atoms with van der Waals surface area (Å²) < 4.78 is 4.67. The number of hydrogen-bond acceptors (Lipinski definition) is 5. The molecule has 0 spiro atoms. The standard InChI is InChI=1S/C21H20N2O5/c1-13(24)14-6-8-18(9-7-14)23-12-16(11-19(23)25)20(26)22-17-5-3-4-15(10-17)21(27)28-2/h3-10,16H,11-12H2,1-2H3,(H,22,26). The van der Waals surface area contributed by atoms with Crippen LogP contribution in [0.25, 0.3) is 0 Å². The number of rotatable bonds is 5. The number of esters is 1. The third-order valence-corrected chi connectivity index (χ3v) is 4.63. The van der Waals surface area contributed by atoms with Gasteiger partial charge in [0.15, 0.2) is 5.78 Å². The molecule has 1 aliphatic rings. The Morgan fingerprint density at radius 2 is 1.79 bits per heavy atom. The number of benzene rings is 2. The minimum atomic E-state index is -0.512. The summed E-state index contributed by atoms with van der Waals surface area (Å²) in [6.45, 7) is 1.73. The van der Waals surface area contributed by atoms with E-state index in [4.69, 9.17) is 0 Å². The van der Waals surface area contributed by atoms with E-state index in [0.717, 1.165) is 0 Å². The zero-order valence-electron chi connectivity index (χ0n) is 15.6.